The molecule has 1 rings (SSSR count). The maximum absolute atomic E-state index is 10.9. The van der Waals surface area contributed by atoms with Gasteiger partial charge < -0.3 is 5.11 Å². The molecule has 3 unspecified atom stereocenters. The molecule has 1 aliphatic rings. The lowest BCUT2D eigenvalue weighted by atomic mass is 9.83. The van der Waals surface area contributed by atoms with Crippen molar-refractivity contribution in [2.45, 2.75) is 25.8 Å². The maximum atomic E-state index is 10.9. The highest BCUT2D eigenvalue weighted by Crippen LogP contribution is 2.30. The molecule has 0 heterocycles. The van der Waals surface area contributed by atoms with E-state index < -0.39 is 6.10 Å². The molecular formula is C7H11BO2. The number of rotatable bonds is 1. The van der Waals surface area contributed by atoms with Crippen LogP contribution < -0.4 is 0 Å². The van der Waals surface area contributed by atoms with Crippen LogP contribution in [-0.2, 0) is 4.79 Å². The minimum Gasteiger partial charge on any atom is -0.392 e. The minimum absolute atomic E-state index is 0.00694. The van der Waals surface area contributed by atoms with Gasteiger partial charge >= 0.3 is 0 Å². The van der Waals surface area contributed by atoms with Crippen molar-refractivity contribution in [2.24, 2.45) is 11.8 Å². The Bertz CT molecular complexity index is 147. The predicted molar refractivity (Wildman–Crippen MR) is 38.8 cm³/mol. The Kier molecular flexibility index (Phi) is 2.14. The van der Waals surface area contributed by atoms with Crippen molar-refractivity contribution in [1.82, 2.24) is 0 Å². The number of carbonyl (C=O) groups is 1. The summed E-state index contributed by atoms with van der Waals surface area (Å²) < 4.78 is 0. The Morgan fingerprint density at radius 2 is 2.40 bits per heavy atom. The highest BCUT2D eigenvalue weighted by atomic mass is 16.3. The summed E-state index contributed by atoms with van der Waals surface area (Å²) in [4.78, 5) is 10.9. The van der Waals surface area contributed by atoms with Crippen molar-refractivity contribution in [3.63, 3.8) is 0 Å². The van der Waals surface area contributed by atoms with E-state index in [1.54, 1.807) is 0 Å². The summed E-state index contributed by atoms with van der Waals surface area (Å²) in [6, 6.07) is 0. The van der Waals surface area contributed by atoms with Crippen LogP contribution in [0.5, 0.6) is 0 Å². The zero-order valence-electron chi connectivity index (χ0n) is 6.08. The van der Waals surface area contributed by atoms with Crippen LogP contribution in [0.2, 0.25) is 6.32 Å². The van der Waals surface area contributed by atoms with Crippen LogP contribution in [0.4, 0.5) is 0 Å². The van der Waals surface area contributed by atoms with E-state index in [9.17, 15) is 9.90 Å². The molecule has 1 saturated carbocycles. The highest BCUT2D eigenvalue weighted by Gasteiger charge is 2.36. The van der Waals surface area contributed by atoms with Crippen molar-refractivity contribution < 1.29 is 9.90 Å². The molecule has 54 valence electrons. The topological polar surface area (TPSA) is 37.3 Å². The Balaban J connectivity index is 2.64. The standard InChI is InChI=1S/C7H11BO2/c1-4-5(3-8)7(10)2-6(4)9/h4-5,7,10H,2-3H2,1H3. The van der Waals surface area contributed by atoms with Gasteiger partial charge in [-0.15, -0.1) is 0 Å². The van der Waals surface area contributed by atoms with E-state index in [2.05, 4.69) is 0 Å². The summed E-state index contributed by atoms with van der Waals surface area (Å²) >= 11 is 0. The molecule has 0 aromatic rings. The van der Waals surface area contributed by atoms with E-state index in [0.29, 0.717) is 12.7 Å². The third-order valence-electron chi connectivity index (χ3n) is 2.33. The van der Waals surface area contributed by atoms with Crippen molar-refractivity contribution in [1.29, 1.82) is 0 Å². The van der Waals surface area contributed by atoms with Gasteiger partial charge in [0.1, 0.15) is 5.78 Å². The number of carbonyl (C=O) groups excluding carboxylic acids is 1. The van der Waals surface area contributed by atoms with E-state index in [4.69, 9.17) is 7.85 Å². The SMILES string of the molecule is [B]CC1C(O)CC(=O)C1C. The molecule has 0 aliphatic heterocycles. The summed E-state index contributed by atoms with van der Waals surface area (Å²) in [6.07, 6.45) is 0.212. The molecular weight excluding hydrogens is 127 g/mol. The van der Waals surface area contributed by atoms with Gasteiger partial charge in [-0.2, -0.15) is 0 Å². The van der Waals surface area contributed by atoms with Crippen molar-refractivity contribution in [3.8, 4) is 0 Å². The molecule has 1 N–H and O–H groups in total. The zero-order valence-corrected chi connectivity index (χ0v) is 6.08. The van der Waals surface area contributed by atoms with E-state index in [0.717, 1.165) is 0 Å². The molecule has 0 spiro atoms. The van der Waals surface area contributed by atoms with Crippen LogP contribution in [0.15, 0.2) is 0 Å². The predicted octanol–water partition coefficient (Wildman–Crippen LogP) is 0.159. The smallest absolute Gasteiger partial charge is 0.138 e. The quantitative estimate of drug-likeness (QED) is 0.524. The van der Waals surface area contributed by atoms with Crippen LogP contribution in [0.3, 0.4) is 0 Å². The van der Waals surface area contributed by atoms with E-state index in [1.165, 1.54) is 0 Å². The first-order valence-corrected chi connectivity index (χ1v) is 3.57. The van der Waals surface area contributed by atoms with E-state index in [-0.39, 0.29) is 17.6 Å². The van der Waals surface area contributed by atoms with Gasteiger partial charge in [0.15, 0.2) is 0 Å². The monoisotopic (exact) mass is 138 g/mol. The molecule has 2 nitrogen and oxygen atoms in total. The summed E-state index contributed by atoms with van der Waals surface area (Å²) in [7, 11) is 5.36. The van der Waals surface area contributed by atoms with Crippen LogP contribution in [0.25, 0.3) is 0 Å². The van der Waals surface area contributed by atoms with Gasteiger partial charge in [-0.3, -0.25) is 4.79 Å². The second-order valence-electron chi connectivity index (χ2n) is 2.93. The summed E-state index contributed by atoms with van der Waals surface area (Å²) in [5.74, 6) is 0.0930. The van der Waals surface area contributed by atoms with Gasteiger partial charge in [-0.25, -0.2) is 0 Å². The number of aliphatic hydroxyl groups is 1. The summed E-state index contributed by atoms with van der Waals surface area (Å²) in [5, 5.41) is 9.23. The number of Topliss-reactive ketones (excluding diaryl/α,β-unsaturated/α-hetero) is 1. The van der Waals surface area contributed by atoms with Gasteiger partial charge in [-0.1, -0.05) is 13.2 Å². The van der Waals surface area contributed by atoms with Crippen LogP contribution >= 0.6 is 0 Å². The molecule has 1 aliphatic carbocycles. The first-order chi connectivity index (χ1) is 4.66. The Hall–Kier alpha value is -0.305. The molecule has 3 atom stereocenters. The molecule has 0 amide bonds. The van der Waals surface area contributed by atoms with Gasteiger partial charge in [-0.05, 0) is 5.92 Å². The lowest BCUT2D eigenvalue weighted by Crippen LogP contribution is -2.17. The van der Waals surface area contributed by atoms with Gasteiger partial charge in [0.2, 0.25) is 0 Å². The molecule has 0 bridgehead atoms. The number of hydrogen-bond donors (Lipinski definition) is 1. The summed E-state index contributed by atoms with van der Waals surface area (Å²) in [5.41, 5.74) is 0. The first-order valence-electron chi connectivity index (χ1n) is 3.57. The van der Waals surface area contributed by atoms with Crippen LogP contribution in [0, 0.1) is 11.8 Å². The molecule has 0 aromatic heterocycles. The summed E-state index contributed by atoms with van der Waals surface area (Å²) in [6.45, 7) is 1.83. The fraction of sp³-hybridized carbons (Fsp3) is 0.857. The fourth-order valence-electron chi connectivity index (χ4n) is 1.48. The molecule has 10 heavy (non-hydrogen) atoms. The molecule has 0 saturated heterocycles. The van der Waals surface area contributed by atoms with E-state index >= 15 is 0 Å². The van der Waals surface area contributed by atoms with Crippen LogP contribution in [0.1, 0.15) is 13.3 Å². The number of ketones is 1. The highest BCUT2D eigenvalue weighted by molar-refractivity contribution is 6.09. The lowest BCUT2D eigenvalue weighted by Gasteiger charge is -2.14. The van der Waals surface area contributed by atoms with E-state index in [1.807, 2.05) is 6.92 Å². The Labute approximate surface area is 62.0 Å². The largest absolute Gasteiger partial charge is 0.392 e. The van der Waals surface area contributed by atoms with Crippen LogP contribution in [-0.4, -0.2) is 24.8 Å². The number of hydrogen-bond acceptors (Lipinski definition) is 2. The fourth-order valence-corrected chi connectivity index (χ4v) is 1.48. The average molecular weight is 138 g/mol. The van der Waals surface area contributed by atoms with Crippen molar-refractivity contribution in [2.75, 3.05) is 0 Å². The third kappa shape index (κ3) is 1.10. The van der Waals surface area contributed by atoms with Gasteiger partial charge in [0.25, 0.3) is 0 Å². The first kappa shape index (κ1) is 7.80. The molecule has 1 fully saturated rings. The van der Waals surface area contributed by atoms with Crippen molar-refractivity contribution >= 4 is 13.6 Å². The Morgan fingerprint density at radius 1 is 1.80 bits per heavy atom. The zero-order chi connectivity index (χ0) is 7.72. The third-order valence-corrected chi connectivity index (χ3v) is 2.33. The Morgan fingerprint density at radius 3 is 2.60 bits per heavy atom. The number of aliphatic hydroxyl groups excluding tert-OH is 1. The average Bonchev–Trinajstić information content (AvgIpc) is 2.09. The second-order valence-corrected chi connectivity index (χ2v) is 2.93. The second kappa shape index (κ2) is 2.75. The normalized spacial score (nSPS) is 40.6. The van der Waals surface area contributed by atoms with Gasteiger partial charge in [0, 0.05) is 12.3 Å². The minimum atomic E-state index is -0.493. The van der Waals surface area contributed by atoms with Gasteiger partial charge in [0.05, 0.1) is 14.0 Å². The molecule has 2 radical (unpaired) electrons. The molecule has 3 heteroatoms. The molecule has 0 aromatic carbocycles. The lowest BCUT2D eigenvalue weighted by molar-refractivity contribution is -0.120. The maximum Gasteiger partial charge on any atom is 0.138 e. The van der Waals surface area contributed by atoms with Crippen molar-refractivity contribution in [3.05, 3.63) is 0 Å².